The SMILES string of the molecule is CNCC=Cc1ccc(-n2ccc(OCc3ccc(Cl)cc3)cc2=O)cc1. The van der Waals surface area contributed by atoms with Gasteiger partial charge in [0.2, 0.25) is 0 Å². The number of hydrogen-bond acceptors (Lipinski definition) is 3. The first-order valence-electron chi connectivity index (χ1n) is 8.67. The van der Waals surface area contributed by atoms with E-state index < -0.39 is 0 Å². The van der Waals surface area contributed by atoms with Crippen molar-refractivity contribution in [2.45, 2.75) is 6.61 Å². The van der Waals surface area contributed by atoms with Crippen molar-refractivity contribution in [2.75, 3.05) is 13.6 Å². The molecule has 3 rings (SSSR count). The van der Waals surface area contributed by atoms with Gasteiger partial charge < -0.3 is 10.1 Å². The Balaban J connectivity index is 1.69. The van der Waals surface area contributed by atoms with E-state index in [0.717, 1.165) is 23.4 Å². The summed E-state index contributed by atoms with van der Waals surface area (Å²) in [6.45, 7) is 1.20. The molecule has 1 aromatic heterocycles. The highest BCUT2D eigenvalue weighted by atomic mass is 35.5. The van der Waals surface area contributed by atoms with Crippen LogP contribution in [0.3, 0.4) is 0 Å². The van der Waals surface area contributed by atoms with E-state index in [4.69, 9.17) is 16.3 Å². The second kappa shape index (κ2) is 9.21. The van der Waals surface area contributed by atoms with Crippen molar-refractivity contribution < 1.29 is 4.74 Å². The number of halogens is 1. The summed E-state index contributed by atoms with van der Waals surface area (Å²) >= 11 is 5.88. The molecule has 0 aliphatic heterocycles. The Kier molecular flexibility index (Phi) is 6.47. The molecule has 0 saturated heterocycles. The van der Waals surface area contributed by atoms with E-state index in [9.17, 15) is 4.79 Å². The van der Waals surface area contributed by atoms with E-state index in [1.165, 1.54) is 6.07 Å². The number of rotatable bonds is 7. The number of ether oxygens (including phenoxy) is 1. The number of benzene rings is 2. The summed E-state index contributed by atoms with van der Waals surface area (Å²) in [5, 5.41) is 3.75. The lowest BCUT2D eigenvalue weighted by molar-refractivity contribution is 0.305. The van der Waals surface area contributed by atoms with Crippen LogP contribution in [0.4, 0.5) is 0 Å². The largest absolute Gasteiger partial charge is 0.489 e. The standard InChI is InChI=1S/C22H21ClN2O2/c1-24-13-2-3-17-6-10-20(11-7-17)25-14-12-21(15-22(25)26)27-16-18-4-8-19(23)9-5-18/h2-12,14-15,24H,13,16H2,1H3. The van der Waals surface area contributed by atoms with Gasteiger partial charge >= 0.3 is 0 Å². The van der Waals surface area contributed by atoms with Crippen molar-refractivity contribution in [2.24, 2.45) is 0 Å². The summed E-state index contributed by atoms with van der Waals surface area (Å²) in [6.07, 6.45) is 5.82. The molecule has 0 spiro atoms. The summed E-state index contributed by atoms with van der Waals surface area (Å²) in [5.74, 6) is 0.540. The number of nitrogens with zero attached hydrogens (tertiary/aromatic N) is 1. The summed E-state index contributed by atoms with van der Waals surface area (Å²) in [5.41, 5.74) is 2.76. The highest BCUT2D eigenvalue weighted by Crippen LogP contribution is 2.15. The molecule has 0 unspecified atom stereocenters. The predicted molar refractivity (Wildman–Crippen MR) is 111 cm³/mol. The molecule has 4 nitrogen and oxygen atoms in total. The van der Waals surface area contributed by atoms with Crippen LogP contribution in [0.5, 0.6) is 5.75 Å². The van der Waals surface area contributed by atoms with Crippen molar-refractivity contribution in [3.63, 3.8) is 0 Å². The lowest BCUT2D eigenvalue weighted by Gasteiger charge is -2.09. The average Bonchev–Trinajstić information content (AvgIpc) is 2.69. The van der Waals surface area contributed by atoms with E-state index in [-0.39, 0.29) is 5.56 Å². The molecule has 0 atom stereocenters. The first-order chi connectivity index (χ1) is 13.2. The zero-order valence-electron chi connectivity index (χ0n) is 15.1. The Morgan fingerprint density at radius 1 is 1.07 bits per heavy atom. The molecular weight excluding hydrogens is 360 g/mol. The topological polar surface area (TPSA) is 43.3 Å². The highest BCUT2D eigenvalue weighted by molar-refractivity contribution is 6.30. The molecule has 138 valence electrons. The van der Waals surface area contributed by atoms with Crippen LogP contribution in [0.1, 0.15) is 11.1 Å². The van der Waals surface area contributed by atoms with Gasteiger partial charge in [-0.1, -0.05) is 48.0 Å². The molecule has 0 aliphatic carbocycles. The van der Waals surface area contributed by atoms with Gasteiger partial charge in [0.05, 0.1) is 0 Å². The fraction of sp³-hybridized carbons (Fsp3) is 0.136. The Labute approximate surface area is 163 Å². The van der Waals surface area contributed by atoms with Crippen LogP contribution in [0.2, 0.25) is 5.02 Å². The van der Waals surface area contributed by atoms with Crippen molar-refractivity contribution in [3.05, 3.63) is 99.4 Å². The van der Waals surface area contributed by atoms with Crippen LogP contribution < -0.4 is 15.6 Å². The molecule has 1 heterocycles. The molecule has 0 saturated carbocycles. The predicted octanol–water partition coefficient (Wildman–Crippen LogP) is 4.30. The minimum absolute atomic E-state index is 0.137. The molecule has 27 heavy (non-hydrogen) atoms. The van der Waals surface area contributed by atoms with Crippen molar-refractivity contribution in [3.8, 4) is 11.4 Å². The third-order valence-electron chi connectivity index (χ3n) is 4.01. The van der Waals surface area contributed by atoms with Gasteiger partial charge in [0.1, 0.15) is 12.4 Å². The fourth-order valence-corrected chi connectivity index (χ4v) is 2.70. The van der Waals surface area contributed by atoms with Gasteiger partial charge in [-0.3, -0.25) is 9.36 Å². The summed E-state index contributed by atoms with van der Waals surface area (Å²) in [4.78, 5) is 12.4. The number of aromatic nitrogens is 1. The molecule has 0 amide bonds. The van der Waals surface area contributed by atoms with E-state index >= 15 is 0 Å². The molecule has 0 aliphatic rings. The Morgan fingerprint density at radius 2 is 1.81 bits per heavy atom. The molecule has 1 N–H and O–H groups in total. The van der Waals surface area contributed by atoms with Crippen LogP contribution in [-0.2, 0) is 6.61 Å². The van der Waals surface area contributed by atoms with Crippen LogP contribution in [0.15, 0.2) is 77.7 Å². The summed E-state index contributed by atoms with van der Waals surface area (Å²) in [6, 6.07) is 18.5. The average molecular weight is 381 g/mol. The van der Waals surface area contributed by atoms with E-state index in [0.29, 0.717) is 17.4 Å². The monoisotopic (exact) mass is 380 g/mol. The third-order valence-corrected chi connectivity index (χ3v) is 4.27. The van der Waals surface area contributed by atoms with Gasteiger partial charge in [-0.15, -0.1) is 0 Å². The normalized spacial score (nSPS) is 11.0. The van der Waals surface area contributed by atoms with Crippen LogP contribution in [-0.4, -0.2) is 18.2 Å². The van der Waals surface area contributed by atoms with Crippen molar-refractivity contribution >= 4 is 17.7 Å². The molecule has 0 bridgehead atoms. The number of likely N-dealkylation sites (N-methyl/N-ethyl adjacent to an activating group) is 1. The van der Waals surface area contributed by atoms with E-state index in [2.05, 4.69) is 5.32 Å². The maximum atomic E-state index is 12.4. The smallest absolute Gasteiger partial charge is 0.258 e. The van der Waals surface area contributed by atoms with Crippen LogP contribution in [0.25, 0.3) is 11.8 Å². The Bertz CT molecular complexity index is 961. The van der Waals surface area contributed by atoms with Crippen molar-refractivity contribution in [1.29, 1.82) is 0 Å². The highest BCUT2D eigenvalue weighted by Gasteiger charge is 2.03. The van der Waals surface area contributed by atoms with Gasteiger partial charge in [-0.2, -0.15) is 0 Å². The minimum atomic E-state index is -0.137. The number of hydrogen-bond donors (Lipinski definition) is 1. The zero-order valence-corrected chi connectivity index (χ0v) is 15.8. The summed E-state index contributed by atoms with van der Waals surface area (Å²) < 4.78 is 7.30. The van der Waals surface area contributed by atoms with Crippen molar-refractivity contribution in [1.82, 2.24) is 9.88 Å². The molecular formula is C22H21ClN2O2. The molecule has 0 fully saturated rings. The molecule has 0 radical (unpaired) electrons. The Morgan fingerprint density at radius 3 is 2.48 bits per heavy atom. The zero-order chi connectivity index (χ0) is 19.1. The first kappa shape index (κ1) is 19.0. The molecule has 2 aromatic carbocycles. The quantitative estimate of drug-likeness (QED) is 0.664. The Hall–Kier alpha value is -2.82. The summed E-state index contributed by atoms with van der Waals surface area (Å²) in [7, 11) is 1.91. The van der Waals surface area contributed by atoms with Gasteiger partial charge in [0.25, 0.3) is 5.56 Å². The van der Waals surface area contributed by atoms with E-state index in [1.807, 2.05) is 67.7 Å². The maximum absolute atomic E-state index is 12.4. The lowest BCUT2D eigenvalue weighted by Crippen LogP contribution is -2.16. The van der Waals surface area contributed by atoms with Crippen LogP contribution >= 0.6 is 11.6 Å². The first-order valence-corrected chi connectivity index (χ1v) is 9.05. The molecule has 5 heteroatoms. The second-order valence-corrected chi connectivity index (χ2v) is 6.47. The number of pyridine rings is 1. The van der Waals surface area contributed by atoms with Gasteiger partial charge in [0, 0.05) is 29.5 Å². The van der Waals surface area contributed by atoms with Gasteiger partial charge in [0.15, 0.2) is 0 Å². The molecule has 3 aromatic rings. The third kappa shape index (κ3) is 5.33. The fourth-order valence-electron chi connectivity index (χ4n) is 2.57. The maximum Gasteiger partial charge on any atom is 0.258 e. The second-order valence-electron chi connectivity index (χ2n) is 6.04. The van der Waals surface area contributed by atoms with Gasteiger partial charge in [-0.05, 0) is 48.5 Å². The number of nitrogens with one attached hydrogen (secondary N) is 1. The lowest BCUT2D eigenvalue weighted by atomic mass is 10.2. The van der Waals surface area contributed by atoms with Gasteiger partial charge in [-0.25, -0.2) is 0 Å². The van der Waals surface area contributed by atoms with Crippen LogP contribution in [0, 0.1) is 0 Å². The van der Waals surface area contributed by atoms with E-state index in [1.54, 1.807) is 16.8 Å². The minimum Gasteiger partial charge on any atom is -0.489 e.